The Bertz CT molecular complexity index is 619. The van der Waals surface area contributed by atoms with E-state index in [4.69, 9.17) is 0 Å². The Hall–Kier alpha value is -1.89. The van der Waals surface area contributed by atoms with E-state index in [2.05, 4.69) is 15.4 Å². The third-order valence-corrected chi connectivity index (χ3v) is 3.46. The van der Waals surface area contributed by atoms with Gasteiger partial charge in [-0.1, -0.05) is 6.92 Å². The minimum absolute atomic E-state index is 0.114. The van der Waals surface area contributed by atoms with E-state index in [1.807, 2.05) is 13.8 Å². The fourth-order valence-corrected chi connectivity index (χ4v) is 2.29. The zero-order valence-electron chi connectivity index (χ0n) is 12.1. The molecule has 2 aromatic rings. The Morgan fingerprint density at radius 2 is 2.00 bits per heavy atom. The van der Waals surface area contributed by atoms with Gasteiger partial charge in [-0.15, -0.1) is 0 Å². The van der Waals surface area contributed by atoms with E-state index >= 15 is 0 Å². The molecule has 0 saturated heterocycles. The highest BCUT2D eigenvalue weighted by molar-refractivity contribution is 5.37. The van der Waals surface area contributed by atoms with E-state index in [-0.39, 0.29) is 5.56 Å². The first-order chi connectivity index (χ1) is 9.86. The second-order valence-electron chi connectivity index (χ2n) is 4.76. The van der Waals surface area contributed by atoms with Gasteiger partial charge in [0.25, 0.3) is 0 Å². The van der Waals surface area contributed by atoms with Crippen molar-refractivity contribution in [1.82, 2.24) is 20.1 Å². The zero-order chi connectivity index (χ0) is 15.6. The SMILES string of the molecule is CCNC(c1cnccc1C(F)(F)F)c1cnn(C)c1C. The van der Waals surface area contributed by atoms with Crippen molar-refractivity contribution in [2.45, 2.75) is 26.1 Å². The molecule has 0 aromatic carbocycles. The Morgan fingerprint density at radius 1 is 1.29 bits per heavy atom. The molecule has 114 valence electrons. The average molecular weight is 298 g/mol. The summed E-state index contributed by atoms with van der Waals surface area (Å²) >= 11 is 0. The van der Waals surface area contributed by atoms with Crippen LogP contribution in [0.5, 0.6) is 0 Å². The van der Waals surface area contributed by atoms with Crippen molar-refractivity contribution in [1.29, 1.82) is 0 Å². The van der Waals surface area contributed by atoms with Crippen LogP contribution in [0.1, 0.15) is 35.3 Å². The molecule has 21 heavy (non-hydrogen) atoms. The van der Waals surface area contributed by atoms with Crippen LogP contribution >= 0.6 is 0 Å². The van der Waals surface area contributed by atoms with Crippen LogP contribution in [0, 0.1) is 6.92 Å². The Balaban J connectivity index is 2.57. The topological polar surface area (TPSA) is 42.7 Å². The first-order valence-electron chi connectivity index (χ1n) is 6.59. The molecule has 0 radical (unpaired) electrons. The standard InChI is InChI=1S/C14H17F3N4/c1-4-19-13(10-8-20-21(3)9(10)2)11-7-18-6-5-12(11)14(15,16)17/h5-8,13,19H,4H2,1-3H3. The molecular formula is C14H17F3N4. The third-order valence-electron chi connectivity index (χ3n) is 3.46. The van der Waals surface area contributed by atoms with Gasteiger partial charge < -0.3 is 5.32 Å². The number of nitrogens with zero attached hydrogens (tertiary/aromatic N) is 3. The molecule has 0 aliphatic carbocycles. The summed E-state index contributed by atoms with van der Waals surface area (Å²) in [6, 6.07) is 0.416. The maximum absolute atomic E-state index is 13.2. The molecule has 4 nitrogen and oxygen atoms in total. The number of hydrogen-bond donors (Lipinski definition) is 1. The number of nitrogens with one attached hydrogen (secondary N) is 1. The first kappa shape index (κ1) is 15.5. The monoisotopic (exact) mass is 298 g/mol. The van der Waals surface area contributed by atoms with Gasteiger partial charge in [-0.3, -0.25) is 9.67 Å². The quantitative estimate of drug-likeness (QED) is 0.944. The number of pyridine rings is 1. The fraction of sp³-hybridized carbons (Fsp3) is 0.429. The summed E-state index contributed by atoms with van der Waals surface area (Å²) in [6.45, 7) is 4.21. The van der Waals surface area contributed by atoms with Crippen molar-refractivity contribution < 1.29 is 13.2 Å². The number of rotatable bonds is 4. The first-order valence-corrected chi connectivity index (χ1v) is 6.59. The summed E-state index contributed by atoms with van der Waals surface area (Å²) in [4.78, 5) is 3.86. The van der Waals surface area contributed by atoms with Crippen LogP contribution in [0.25, 0.3) is 0 Å². The van der Waals surface area contributed by atoms with Gasteiger partial charge in [0, 0.05) is 36.3 Å². The molecule has 1 unspecified atom stereocenters. The predicted molar refractivity (Wildman–Crippen MR) is 72.7 cm³/mol. The summed E-state index contributed by atoms with van der Waals surface area (Å²) in [5, 5.41) is 7.20. The zero-order valence-corrected chi connectivity index (χ0v) is 12.1. The molecule has 1 atom stereocenters. The van der Waals surface area contributed by atoms with Gasteiger partial charge in [-0.25, -0.2) is 0 Å². The van der Waals surface area contributed by atoms with Crippen LogP contribution in [0.3, 0.4) is 0 Å². The molecule has 2 heterocycles. The lowest BCUT2D eigenvalue weighted by Gasteiger charge is -2.22. The van der Waals surface area contributed by atoms with Crippen molar-refractivity contribution in [3.63, 3.8) is 0 Å². The Labute approximate surface area is 121 Å². The highest BCUT2D eigenvalue weighted by Gasteiger charge is 2.36. The lowest BCUT2D eigenvalue weighted by Crippen LogP contribution is -2.25. The highest BCUT2D eigenvalue weighted by Crippen LogP contribution is 2.36. The van der Waals surface area contributed by atoms with E-state index in [1.165, 1.54) is 6.20 Å². The molecular weight excluding hydrogens is 281 g/mol. The van der Waals surface area contributed by atoms with Crippen LogP contribution in [0.4, 0.5) is 13.2 Å². The molecule has 0 spiro atoms. The second kappa shape index (κ2) is 5.85. The minimum Gasteiger partial charge on any atom is -0.306 e. The van der Waals surface area contributed by atoms with Crippen LogP contribution in [-0.2, 0) is 13.2 Å². The largest absolute Gasteiger partial charge is 0.416 e. The molecule has 2 rings (SSSR count). The Morgan fingerprint density at radius 3 is 2.52 bits per heavy atom. The van der Waals surface area contributed by atoms with Crippen LogP contribution in [0.2, 0.25) is 0 Å². The van der Waals surface area contributed by atoms with E-state index < -0.39 is 17.8 Å². The predicted octanol–water partition coefficient (Wildman–Crippen LogP) is 2.84. The smallest absolute Gasteiger partial charge is 0.306 e. The fourth-order valence-electron chi connectivity index (χ4n) is 2.29. The summed E-state index contributed by atoms with van der Waals surface area (Å²) in [5.74, 6) is 0. The highest BCUT2D eigenvalue weighted by atomic mass is 19.4. The maximum atomic E-state index is 13.2. The summed E-state index contributed by atoms with van der Waals surface area (Å²) in [5.41, 5.74) is 0.977. The van der Waals surface area contributed by atoms with Gasteiger partial charge in [-0.05, 0) is 19.5 Å². The van der Waals surface area contributed by atoms with Crippen molar-refractivity contribution in [2.75, 3.05) is 6.54 Å². The molecule has 0 saturated carbocycles. The summed E-state index contributed by atoms with van der Waals surface area (Å²) in [6.07, 6.45) is -0.397. The van der Waals surface area contributed by atoms with Crippen LogP contribution in [0.15, 0.2) is 24.7 Å². The molecule has 0 fully saturated rings. The molecule has 0 aliphatic heterocycles. The van der Waals surface area contributed by atoms with Gasteiger partial charge in [-0.2, -0.15) is 18.3 Å². The number of alkyl halides is 3. The maximum Gasteiger partial charge on any atom is 0.416 e. The summed E-state index contributed by atoms with van der Waals surface area (Å²) < 4.78 is 41.2. The van der Waals surface area contributed by atoms with Crippen molar-refractivity contribution in [2.24, 2.45) is 7.05 Å². The van der Waals surface area contributed by atoms with Crippen molar-refractivity contribution in [3.8, 4) is 0 Å². The lowest BCUT2D eigenvalue weighted by molar-refractivity contribution is -0.138. The van der Waals surface area contributed by atoms with Gasteiger partial charge in [0.1, 0.15) is 0 Å². The van der Waals surface area contributed by atoms with Crippen molar-refractivity contribution >= 4 is 0 Å². The number of aryl methyl sites for hydroxylation is 1. The molecule has 0 amide bonds. The van der Waals surface area contributed by atoms with Crippen LogP contribution in [-0.4, -0.2) is 21.3 Å². The number of aromatic nitrogens is 3. The van der Waals surface area contributed by atoms with Gasteiger partial charge in [0.15, 0.2) is 0 Å². The molecule has 0 bridgehead atoms. The Kier molecular flexibility index (Phi) is 4.32. The molecule has 0 aliphatic rings. The number of hydrogen-bond acceptors (Lipinski definition) is 3. The van der Waals surface area contributed by atoms with Crippen LogP contribution < -0.4 is 5.32 Å². The van der Waals surface area contributed by atoms with E-state index in [0.29, 0.717) is 6.54 Å². The minimum atomic E-state index is -4.41. The van der Waals surface area contributed by atoms with E-state index in [0.717, 1.165) is 23.5 Å². The average Bonchev–Trinajstić information content (AvgIpc) is 2.76. The molecule has 2 aromatic heterocycles. The molecule has 1 N–H and O–H groups in total. The normalized spacial score (nSPS) is 13.4. The number of halogens is 3. The van der Waals surface area contributed by atoms with E-state index in [9.17, 15) is 13.2 Å². The lowest BCUT2D eigenvalue weighted by atomic mass is 9.96. The van der Waals surface area contributed by atoms with Gasteiger partial charge >= 0.3 is 6.18 Å². The summed E-state index contributed by atoms with van der Waals surface area (Å²) in [7, 11) is 1.76. The van der Waals surface area contributed by atoms with Gasteiger partial charge in [0.2, 0.25) is 0 Å². The van der Waals surface area contributed by atoms with E-state index in [1.54, 1.807) is 17.9 Å². The molecule has 7 heteroatoms. The second-order valence-corrected chi connectivity index (χ2v) is 4.76. The third kappa shape index (κ3) is 3.07. The van der Waals surface area contributed by atoms with Gasteiger partial charge in [0.05, 0.1) is 17.8 Å². The van der Waals surface area contributed by atoms with Crippen molar-refractivity contribution in [3.05, 3.63) is 47.0 Å².